The molecule has 1 amide bonds. The van der Waals surface area contributed by atoms with E-state index in [9.17, 15) is 9.59 Å². The number of amides is 1. The summed E-state index contributed by atoms with van der Waals surface area (Å²) >= 11 is 0. The zero-order valence-corrected chi connectivity index (χ0v) is 11.1. The molecule has 0 aliphatic carbocycles. The predicted octanol–water partition coefficient (Wildman–Crippen LogP) is 2.00. The average Bonchev–Trinajstić information content (AvgIpc) is 2.27. The van der Waals surface area contributed by atoms with Gasteiger partial charge >= 0.3 is 5.97 Å². The third kappa shape index (κ3) is 7.55. The number of hydrogen-bond donors (Lipinski definition) is 0. The quantitative estimate of drug-likeness (QED) is 0.371. The molecule has 0 heterocycles. The molecule has 0 aliphatic rings. The molecule has 0 rings (SSSR count). The molecule has 0 saturated heterocycles. The first-order valence-electron chi connectivity index (χ1n) is 6.08. The first-order chi connectivity index (χ1) is 8.01. The van der Waals surface area contributed by atoms with E-state index in [-0.39, 0.29) is 11.9 Å². The van der Waals surface area contributed by atoms with E-state index in [1.165, 1.54) is 6.08 Å². The monoisotopic (exact) mass is 241 g/mol. The fraction of sp³-hybridized carbons (Fsp3) is 0.692. The Labute approximate surface area is 104 Å². The highest BCUT2D eigenvalue weighted by molar-refractivity contribution is 5.86. The minimum atomic E-state index is -0.168. The van der Waals surface area contributed by atoms with Gasteiger partial charge in [-0.3, -0.25) is 9.59 Å². The van der Waals surface area contributed by atoms with Crippen molar-refractivity contribution in [3.8, 4) is 0 Å². The molecule has 0 bridgehead atoms. The van der Waals surface area contributed by atoms with Gasteiger partial charge in [0.25, 0.3) is 0 Å². The van der Waals surface area contributed by atoms with Crippen LogP contribution in [-0.4, -0.2) is 36.5 Å². The summed E-state index contributed by atoms with van der Waals surface area (Å²) in [6, 6.07) is 0. The summed E-state index contributed by atoms with van der Waals surface area (Å²) in [4.78, 5) is 24.2. The van der Waals surface area contributed by atoms with E-state index < -0.39 is 0 Å². The molecule has 0 aliphatic heterocycles. The average molecular weight is 241 g/mol. The van der Waals surface area contributed by atoms with Crippen molar-refractivity contribution < 1.29 is 14.3 Å². The molecule has 0 spiro atoms. The van der Waals surface area contributed by atoms with E-state index in [4.69, 9.17) is 4.74 Å². The predicted molar refractivity (Wildman–Crippen MR) is 67.5 cm³/mol. The topological polar surface area (TPSA) is 46.6 Å². The maximum atomic E-state index is 11.3. The summed E-state index contributed by atoms with van der Waals surface area (Å²) in [5.74, 6) is 0.0658. The number of esters is 1. The minimum Gasteiger partial charge on any atom is -0.466 e. The van der Waals surface area contributed by atoms with Crippen molar-refractivity contribution in [1.82, 2.24) is 4.90 Å². The van der Waals surface area contributed by atoms with Gasteiger partial charge in [-0.05, 0) is 25.3 Å². The number of carbonyl (C=O) groups excluding carboxylic acids is 2. The zero-order chi connectivity index (χ0) is 13.3. The molecular weight excluding hydrogens is 218 g/mol. The Balaban J connectivity index is 3.72. The molecule has 0 unspecified atom stereocenters. The Hall–Kier alpha value is -1.32. The lowest BCUT2D eigenvalue weighted by atomic mass is 10.1. The zero-order valence-electron chi connectivity index (χ0n) is 11.1. The lowest BCUT2D eigenvalue weighted by Gasteiger charge is -2.18. The van der Waals surface area contributed by atoms with Gasteiger partial charge in [-0.1, -0.05) is 20.4 Å². The lowest BCUT2D eigenvalue weighted by Crippen LogP contribution is -2.30. The molecule has 0 atom stereocenters. The molecule has 4 nitrogen and oxygen atoms in total. The summed E-state index contributed by atoms with van der Waals surface area (Å²) in [6.07, 6.45) is 2.41. The normalized spacial score (nSPS) is 10.1. The highest BCUT2D eigenvalue weighted by atomic mass is 16.5. The van der Waals surface area contributed by atoms with Crippen LogP contribution in [0.5, 0.6) is 0 Å². The van der Waals surface area contributed by atoms with Crippen LogP contribution in [0.15, 0.2) is 12.7 Å². The summed E-state index contributed by atoms with van der Waals surface area (Å²) in [5.41, 5.74) is 0. The SMILES string of the molecule is C=CC(=O)N(CC)CCCOC(=O)CC(C)C. The van der Waals surface area contributed by atoms with E-state index in [2.05, 4.69) is 6.58 Å². The summed E-state index contributed by atoms with van der Waals surface area (Å²) in [6.45, 7) is 10.9. The van der Waals surface area contributed by atoms with Crippen LogP contribution in [0.2, 0.25) is 0 Å². The van der Waals surface area contributed by atoms with Crippen LogP contribution in [0.3, 0.4) is 0 Å². The van der Waals surface area contributed by atoms with Gasteiger partial charge < -0.3 is 9.64 Å². The maximum Gasteiger partial charge on any atom is 0.306 e. The van der Waals surface area contributed by atoms with Crippen molar-refractivity contribution >= 4 is 11.9 Å². The van der Waals surface area contributed by atoms with Crippen molar-refractivity contribution in [3.05, 3.63) is 12.7 Å². The number of nitrogens with zero attached hydrogens (tertiary/aromatic N) is 1. The van der Waals surface area contributed by atoms with E-state index >= 15 is 0 Å². The van der Waals surface area contributed by atoms with Crippen molar-refractivity contribution in [2.75, 3.05) is 19.7 Å². The van der Waals surface area contributed by atoms with Crippen molar-refractivity contribution in [2.24, 2.45) is 5.92 Å². The molecule has 0 radical (unpaired) electrons. The fourth-order valence-corrected chi connectivity index (χ4v) is 1.39. The van der Waals surface area contributed by atoms with Crippen LogP contribution in [0.4, 0.5) is 0 Å². The number of hydrogen-bond acceptors (Lipinski definition) is 3. The third-order valence-electron chi connectivity index (χ3n) is 2.28. The summed E-state index contributed by atoms with van der Waals surface area (Å²) < 4.78 is 5.06. The summed E-state index contributed by atoms with van der Waals surface area (Å²) in [7, 11) is 0. The first kappa shape index (κ1) is 15.7. The summed E-state index contributed by atoms with van der Waals surface area (Å²) in [5, 5.41) is 0. The van der Waals surface area contributed by atoms with Crippen LogP contribution in [0, 0.1) is 5.92 Å². The molecular formula is C13H23NO3. The minimum absolute atomic E-state index is 0.0824. The standard InChI is InChI=1S/C13H23NO3/c1-5-12(15)14(6-2)8-7-9-17-13(16)10-11(3)4/h5,11H,1,6-10H2,2-4H3. The molecule has 0 fully saturated rings. The largest absolute Gasteiger partial charge is 0.466 e. The molecule has 98 valence electrons. The molecule has 0 saturated carbocycles. The molecule has 0 N–H and O–H groups in total. The highest BCUT2D eigenvalue weighted by Gasteiger charge is 2.08. The van der Waals surface area contributed by atoms with Crippen LogP contribution in [0.25, 0.3) is 0 Å². The van der Waals surface area contributed by atoms with Crippen molar-refractivity contribution in [2.45, 2.75) is 33.6 Å². The van der Waals surface area contributed by atoms with Crippen LogP contribution < -0.4 is 0 Å². The van der Waals surface area contributed by atoms with E-state index in [0.717, 1.165) is 0 Å². The molecule has 0 aromatic carbocycles. The molecule has 0 aromatic heterocycles. The third-order valence-corrected chi connectivity index (χ3v) is 2.28. The molecule has 4 heteroatoms. The van der Waals surface area contributed by atoms with Gasteiger partial charge in [0.1, 0.15) is 0 Å². The number of likely N-dealkylation sites (N-methyl/N-ethyl adjacent to an activating group) is 1. The van der Waals surface area contributed by atoms with Gasteiger partial charge in [0.05, 0.1) is 6.61 Å². The van der Waals surface area contributed by atoms with Crippen molar-refractivity contribution in [1.29, 1.82) is 0 Å². The Bertz CT molecular complexity index is 261. The number of ether oxygens (including phenoxy) is 1. The fourth-order valence-electron chi connectivity index (χ4n) is 1.39. The second-order valence-corrected chi connectivity index (χ2v) is 4.29. The van der Waals surface area contributed by atoms with Gasteiger partial charge in [0.15, 0.2) is 0 Å². The van der Waals surface area contributed by atoms with Gasteiger partial charge in [0, 0.05) is 19.5 Å². The van der Waals surface area contributed by atoms with Gasteiger partial charge in [-0.25, -0.2) is 0 Å². The van der Waals surface area contributed by atoms with Crippen LogP contribution >= 0.6 is 0 Å². The van der Waals surface area contributed by atoms with Crippen LogP contribution in [0.1, 0.15) is 33.6 Å². The molecule has 17 heavy (non-hydrogen) atoms. The van der Waals surface area contributed by atoms with E-state index in [0.29, 0.717) is 38.5 Å². The van der Waals surface area contributed by atoms with Gasteiger partial charge in [-0.15, -0.1) is 0 Å². The van der Waals surface area contributed by atoms with Crippen LogP contribution in [-0.2, 0) is 14.3 Å². The van der Waals surface area contributed by atoms with Gasteiger partial charge in [0.2, 0.25) is 5.91 Å². The second kappa shape index (κ2) is 8.79. The number of carbonyl (C=O) groups is 2. The highest BCUT2D eigenvalue weighted by Crippen LogP contribution is 2.01. The number of rotatable bonds is 8. The molecule has 0 aromatic rings. The first-order valence-corrected chi connectivity index (χ1v) is 6.08. The van der Waals surface area contributed by atoms with Crippen molar-refractivity contribution in [3.63, 3.8) is 0 Å². The second-order valence-electron chi connectivity index (χ2n) is 4.29. The maximum absolute atomic E-state index is 11.3. The smallest absolute Gasteiger partial charge is 0.306 e. The Morgan fingerprint density at radius 1 is 1.41 bits per heavy atom. The Morgan fingerprint density at radius 2 is 2.06 bits per heavy atom. The van der Waals surface area contributed by atoms with Gasteiger partial charge in [-0.2, -0.15) is 0 Å². The lowest BCUT2D eigenvalue weighted by molar-refractivity contribution is -0.144. The van der Waals surface area contributed by atoms with E-state index in [1.807, 2.05) is 20.8 Å². The Kier molecular flexibility index (Phi) is 8.11. The van der Waals surface area contributed by atoms with E-state index in [1.54, 1.807) is 4.90 Å². The Morgan fingerprint density at radius 3 is 2.53 bits per heavy atom.